The van der Waals surface area contributed by atoms with Gasteiger partial charge in [0.2, 0.25) is 15.9 Å². The van der Waals surface area contributed by atoms with Crippen molar-refractivity contribution in [3.05, 3.63) is 59.9 Å². The van der Waals surface area contributed by atoms with Crippen LogP contribution in [0.4, 0.5) is 4.39 Å². The number of nitrogens with one attached hydrogen (secondary N) is 1. The number of amides is 1. The molecule has 0 bridgehead atoms. The van der Waals surface area contributed by atoms with E-state index in [-0.39, 0.29) is 29.8 Å². The number of sulfonamides is 1. The second kappa shape index (κ2) is 8.96. The third-order valence-corrected chi connectivity index (χ3v) is 6.04. The molecule has 0 aliphatic carbocycles. The number of halogens is 1. The Morgan fingerprint density at radius 2 is 1.89 bits per heavy atom. The van der Waals surface area contributed by atoms with Crippen molar-refractivity contribution in [1.29, 1.82) is 0 Å². The van der Waals surface area contributed by atoms with E-state index in [1.807, 2.05) is 37.3 Å². The molecule has 0 aliphatic heterocycles. The molecule has 0 saturated carbocycles. The van der Waals surface area contributed by atoms with Gasteiger partial charge >= 0.3 is 0 Å². The number of methoxy groups -OCH3 is 1. The molecule has 8 heteroatoms. The lowest BCUT2D eigenvalue weighted by Crippen LogP contribution is -2.41. The highest BCUT2D eigenvalue weighted by Crippen LogP contribution is 2.27. The summed E-state index contributed by atoms with van der Waals surface area (Å²) >= 11 is 0. The van der Waals surface area contributed by atoms with Crippen LogP contribution >= 0.6 is 0 Å². The first-order valence-corrected chi connectivity index (χ1v) is 9.91. The van der Waals surface area contributed by atoms with Gasteiger partial charge in [-0.3, -0.25) is 4.79 Å². The largest absolute Gasteiger partial charge is 0.495 e. The van der Waals surface area contributed by atoms with E-state index in [1.165, 1.54) is 13.2 Å². The van der Waals surface area contributed by atoms with Crippen LogP contribution in [0.3, 0.4) is 0 Å². The van der Waals surface area contributed by atoms with E-state index in [2.05, 4.69) is 5.32 Å². The minimum atomic E-state index is -4.10. The average molecular weight is 394 g/mol. The van der Waals surface area contributed by atoms with E-state index in [4.69, 9.17) is 4.74 Å². The van der Waals surface area contributed by atoms with E-state index in [0.717, 1.165) is 22.0 Å². The van der Waals surface area contributed by atoms with Gasteiger partial charge in [0.25, 0.3) is 0 Å². The molecule has 27 heavy (non-hydrogen) atoms. The van der Waals surface area contributed by atoms with Crippen molar-refractivity contribution in [2.24, 2.45) is 0 Å². The summed E-state index contributed by atoms with van der Waals surface area (Å²) < 4.78 is 45.4. The molecule has 0 fully saturated rings. The van der Waals surface area contributed by atoms with Crippen molar-refractivity contribution in [3.8, 4) is 5.75 Å². The van der Waals surface area contributed by atoms with Crippen molar-refractivity contribution in [2.75, 3.05) is 20.2 Å². The van der Waals surface area contributed by atoms with Gasteiger partial charge in [-0.2, -0.15) is 4.31 Å². The summed E-state index contributed by atoms with van der Waals surface area (Å²) in [6, 6.07) is 12.3. The van der Waals surface area contributed by atoms with Gasteiger partial charge in [-0.1, -0.05) is 37.3 Å². The summed E-state index contributed by atoms with van der Waals surface area (Å²) in [5.74, 6) is -1.13. The summed E-state index contributed by atoms with van der Waals surface area (Å²) in [6.45, 7) is 3.09. The van der Waals surface area contributed by atoms with Gasteiger partial charge in [0.15, 0.2) is 0 Å². The minimum absolute atomic E-state index is 0.0212. The fourth-order valence-corrected chi connectivity index (χ4v) is 4.20. The van der Waals surface area contributed by atoms with Gasteiger partial charge < -0.3 is 10.1 Å². The highest BCUT2D eigenvalue weighted by atomic mass is 32.2. The Bertz CT molecular complexity index is 888. The first-order chi connectivity index (χ1) is 12.8. The van der Waals surface area contributed by atoms with Gasteiger partial charge in [0, 0.05) is 6.54 Å². The number of nitrogens with zero attached hydrogens (tertiary/aromatic N) is 1. The molecule has 1 N–H and O–H groups in total. The first kappa shape index (κ1) is 20.9. The Hall–Kier alpha value is -2.45. The van der Waals surface area contributed by atoms with Crippen LogP contribution in [0.25, 0.3) is 0 Å². The second-order valence-corrected chi connectivity index (χ2v) is 7.83. The predicted octanol–water partition coefficient (Wildman–Crippen LogP) is 2.72. The van der Waals surface area contributed by atoms with Crippen molar-refractivity contribution in [2.45, 2.75) is 24.8 Å². The van der Waals surface area contributed by atoms with E-state index in [9.17, 15) is 17.6 Å². The number of hydrogen-bond acceptors (Lipinski definition) is 4. The molecular formula is C19H23FN2O4S. The molecule has 0 radical (unpaired) electrons. The smallest absolute Gasteiger partial charge is 0.247 e. The van der Waals surface area contributed by atoms with Crippen LogP contribution in [-0.4, -0.2) is 38.8 Å². The molecule has 2 aromatic rings. The lowest BCUT2D eigenvalue weighted by atomic mass is 10.1. The summed E-state index contributed by atoms with van der Waals surface area (Å²) in [6.07, 6.45) is 0. The quantitative estimate of drug-likeness (QED) is 0.747. The summed E-state index contributed by atoms with van der Waals surface area (Å²) in [5.41, 5.74) is 0.906. The van der Waals surface area contributed by atoms with Crippen LogP contribution in [0.5, 0.6) is 5.75 Å². The lowest BCUT2D eigenvalue weighted by Gasteiger charge is -2.22. The number of ether oxygens (including phenoxy) is 1. The fourth-order valence-electron chi connectivity index (χ4n) is 2.63. The highest BCUT2D eigenvalue weighted by Gasteiger charge is 2.29. The van der Waals surface area contributed by atoms with Crippen LogP contribution in [0.1, 0.15) is 25.5 Å². The Kier molecular flexibility index (Phi) is 6.92. The summed E-state index contributed by atoms with van der Waals surface area (Å²) in [7, 11) is -2.80. The van der Waals surface area contributed by atoms with E-state index >= 15 is 0 Å². The lowest BCUT2D eigenvalue weighted by molar-refractivity contribution is -0.121. The molecule has 0 aliphatic rings. The number of hydrogen-bond donors (Lipinski definition) is 1. The molecule has 1 unspecified atom stereocenters. The van der Waals surface area contributed by atoms with Gasteiger partial charge in [0.05, 0.1) is 19.7 Å². The molecule has 0 saturated heterocycles. The van der Waals surface area contributed by atoms with E-state index in [0.29, 0.717) is 0 Å². The van der Waals surface area contributed by atoms with Crippen LogP contribution in [0.15, 0.2) is 53.4 Å². The molecular weight excluding hydrogens is 371 g/mol. The van der Waals surface area contributed by atoms with Gasteiger partial charge in [0.1, 0.15) is 16.5 Å². The Labute approximate surface area is 159 Å². The monoisotopic (exact) mass is 394 g/mol. The van der Waals surface area contributed by atoms with Crippen molar-refractivity contribution >= 4 is 15.9 Å². The fraction of sp³-hybridized carbons (Fsp3) is 0.316. The topological polar surface area (TPSA) is 75.7 Å². The highest BCUT2D eigenvalue weighted by molar-refractivity contribution is 7.89. The normalized spacial score (nSPS) is 12.6. The van der Waals surface area contributed by atoms with E-state index < -0.39 is 21.7 Å². The zero-order valence-electron chi connectivity index (χ0n) is 15.5. The Balaban J connectivity index is 2.18. The number of carbonyl (C=O) groups excluding carboxylic acids is 1. The minimum Gasteiger partial charge on any atom is -0.495 e. The molecule has 2 aromatic carbocycles. The molecule has 0 heterocycles. The SMILES string of the molecule is CCN(CC(=O)NC(C)c1ccccc1)S(=O)(=O)c1cc(F)ccc1OC. The number of benzene rings is 2. The van der Waals surface area contributed by atoms with Gasteiger partial charge in [-0.15, -0.1) is 0 Å². The standard InChI is InChI=1S/C19H23FN2O4S/c1-4-22(13-19(23)21-14(2)15-8-6-5-7-9-15)27(24,25)18-12-16(20)10-11-17(18)26-3/h5-12,14H,4,13H2,1-3H3,(H,21,23). The van der Waals surface area contributed by atoms with E-state index in [1.54, 1.807) is 6.92 Å². The van der Waals surface area contributed by atoms with Crippen molar-refractivity contribution < 1.29 is 22.3 Å². The molecule has 0 spiro atoms. The number of carbonyl (C=O) groups is 1. The maximum Gasteiger partial charge on any atom is 0.247 e. The Morgan fingerprint density at radius 3 is 2.48 bits per heavy atom. The molecule has 6 nitrogen and oxygen atoms in total. The van der Waals surface area contributed by atoms with Crippen LogP contribution in [0, 0.1) is 5.82 Å². The maximum absolute atomic E-state index is 13.6. The average Bonchev–Trinajstić information content (AvgIpc) is 2.66. The van der Waals surface area contributed by atoms with Gasteiger partial charge in [-0.05, 0) is 30.7 Å². The number of rotatable bonds is 8. The van der Waals surface area contributed by atoms with Crippen LogP contribution in [0.2, 0.25) is 0 Å². The maximum atomic E-state index is 13.6. The molecule has 1 atom stereocenters. The predicted molar refractivity (Wildman–Crippen MR) is 100 cm³/mol. The second-order valence-electron chi connectivity index (χ2n) is 5.93. The van der Waals surface area contributed by atoms with Gasteiger partial charge in [-0.25, -0.2) is 12.8 Å². The van der Waals surface area contributed by atoms with Crippen LogP contribution in [-0.2, 0) is 14.8 Å². The zero-order valence-corrected chi connectivity index (χ0v) is 16.3. The third kappa shape index (κ3) is 5.05. The van der Waals surface area contributed by atoms with Crippen molar-refractivity contribution in [1.82, 2.24) is 9.62 Å². The van der Waals surface area contributed by atoms with Crippen molar-refractivity contribution in [3.63, 3.8) is 0 Å². The summed E-state index contributed by atoms with van der Waals surface area (Å²) in [4.78, 5) is 12.1. The first-order valence-electron chi connectivity index (χ1n) is 8.47. The molecule has 1 amide bonds. The number of likely N-dealkylation sites (N-methyl/N-ethyl adjacent to an activating group) is 1. The molecule has 2 rings (SSSR count). The Morgan fingerprint density at radius 1 is 1.22 bits per heavy atom. The summed E-state index contributed by atoms with van der Waals surface area (Å²) in [5, 5.41) is 2.77. The molecule has 0 aromatic heterocycles. The zero-order chi connectivity index (χ0) is 20.0. The van der Waals surface area contributed by atoms with Crippen LogP contribution < -0.4 is 10.1 Å². The molecule has 146 valence electrons. The third-order valence-electron chi connectivity index (χ3n) is 4.09.